The van der Waals surface area contributed by atoms with Crippen molar-refractivity contribution in [2.45, 2.75) is 18.6 Å². The summed E-state index contributed by atoms with van der Waals surface area (Å²) in [5.41, 5.74) is 2.32. The van der Waals surface area contributed by atoms with Crippen LogP contribution in [-0.2, 0) is 23.1 Å². The quantitative estimate of drug-likeness (QED) is 0.312. The van der Waals surface area contributed by atoms with Crippen LogP contribution in [0.1, 0.15) is 0 Å². The van der Waals surface area contributed by atoms with Crippen molar-refractivity contribution in [3.05, 3.63) is 53.9 Å². The summed E-state index contributed by atoms with van der Waals surface area (Å²) in [5, 5.41) is 4.24. The van der Waals surface area contributed by atoms with Gasteiger partial charge in [-0.25, -0.2) is 18.8 Å². The van der Waals surface area contributed by atoms with Crippen LogP contribution >= 0.6 is 0 Å². The highest BCUT2D eigenvalue weighted by Crippen LogP contribution is 2.36. The lowest BCUT2D eigenvalue weighted by atomic mass is 10.1. The molecule has 5 heterocycles. The van der Waals surface area contributed by atoms with Crippen LogP contribution in [0.3, 0.4) is 0 Å². The predicted octanol–water partition coefficient (Wildman–Crippen LogP) is 2.46. The van der Waals surface area contributed by atoms with Gasteiger partial charge in [0.15, 0.2) is 28.8 Å². The topological polar surface area (TPSA) is 101 Å². The Morgan fingerprint density at radius 2 is 1.70 bits per heavy atom. The molecule has 3 aromatic heterocycles. The molecule has 6 rings (SSSR count). The minimum Gasteiger partial charge on any atom is -0.493 e. The third kappa shape index (κ3) is 4.80. The van der Waals surface area contributed by atoms with Crippen molar-refractivity contribution in [3.8, 4) is 22.8 Å². The average molecular weight is 554 g/mol. The highest BCUT2D eigenvalue weighted by atomic mass is 19.1. The monoisotopic (exact) mass is 553 g/mol. The highest BCUT2D eigenvalue weighted by molar-refractivity contribution is 5.73. The molecule has 0 N–H and O–H groups in total. The van der Waals surface area contributed by atoms with E-state index in [1.807, 2.05) is 17.8 Å². The molecule has 40 heavy (non-hydrogen) atoms. The van der Waals surface area contributed by atoms with E-state index in [2.05, 4.69) is 20.0 Å². The molecule has 2 aliphatic heterocycles. The van der Waals surface area contributed by atoms with Crippen LogP contribution in [0.25, 0.3) is 22.4 Å². The molecule has 11 nitrogen and oxygen atoms in total. The first-order valence-corrected chi connectivity index (χ1v) is 12.9. The third-order valence-corrected chi connectivity index (χ3v) is 7.24. The van der Waals surface area contributed by atoms with Gasteiger partial charge >= 0.3 is 0 Å². The van der Waals surface area contributed by atoms with Crippen LogP contribution < -0.4 is 15.0 Å². The van der Waals surface area contributed by atoms with E-state index in [1.165, 1.54) is 14.2 Å². The Hall–Kier alpha value is -3.94. The second-order valence-corrected chi connectivity index (χ2v) is 9.70. The molecule has 2 saturated heterocycles. The van der Waals surface area contributed by atoms with Gasteiger partial charge in [-0.05, 0) is 12.1 Å². The Labute approximate surface area is 228 Å². The smallest absolute Gasteiger partial charge is 0.193 e. The molecule has 210 valence electrons. The van der Waals surface area contributed by atoms with Crippen molar-refractivity contribution in [1.29, 1.82) is 0 Å². The Morgan fingerprint density at radius 1 is 1.02 bits per heavy atom. The molecule has 13 heteroatoms. The maximum Gasteiger partial charge on any atom is 0.193 e. The summed E-state index contributed by atoms with van der Waals surface area (Å²) in [7, 11) is 4.42. The van der Waals surface area contributed by atoms with Crippen LogP contribution in [0.2, 0.25) is 0 Å². The van der Waals surface area contributed by atoms with E-state index in [-0.39, 0.29) is 23.6 Å². The number of aromatic nitrogens is 5. The Kier molecular flexibility index (Phi) is 7.17. The summed E-state index contributed by atoms with van der Waals surface area (Å²) in [6.07, 6.45) is 5.23. The molecule has 2 aliphatic rings. The molecule has 2 fully saturated rings. The Bertz CT molecular complexity index is 1570. The van der Waals surface area contributed by atoms with Crippen molar-refractivity contribution < 1.29 is 27.7 Å². The lowest BCUT2D eigenvalue weighted by molar-refractivity contribution is -0.137. The number of ether oxygens (including phenoxy) is 4. The number of aryl methyl sites for hydroxylation is 1. The number of methoxy groups -OCH3 is 2. The van der Waals surface area contributed by atoms with E-state index < -0.39 is 17.3 Å². The fourth-order valence-corrected chi connectivity index (χ4v) is 4.86. The van der Waals surface area contributed by atoms with E-state index in [0.29, 0.717) is 61.9 Å². The van der Waals surface area contributed by atoms with E-state index in [1.54, 1.807) is 29.2 Å². The van der Waals surface area contributed by atoms with Gasteiger partial charge in [-0.15, -0.1) is 0 Å². The van der Waals surface area contributed by atoms with Crippen molar-refractivity contribution in [3.63, 3.8) is 0 Å². The minimum atomic E-state index is -0.928. The van der Waals surface area contributed by atoms with Gasteiger partial charge in [-0.2, -0.15) is 5.10 Å². The van der Waals surface area contributed by atoms with Crippen molar-refractivity contribution in [2.75, 3.05) is 47.2 Å². The fourth-order valence-electron chi connectivity index (χ4n) is 4.86. The average Bonchev–Trinajstić information content (AvgIpc) is 3.34. The molecule has 0 unspecified atom stereocenters. The van der Waals surface area contributed by atoms with Gasteiger partial charge in [0.1, 0.15) is 16.7 Å². The van der Waals surface area contributed by atoms with E-state index in [0.717, 1.165) is 11.6 Å². The minimum absolute atomic E-state index is 0.177. The summed E-state index contributed by atoms with van der Waals surface area (Å²) in [6, 6.07) is 5.12. The van der Waals surface area contributed by atoms with Crippen molar-refractivity contribution in [2.24, 2.45) is 12.0 Å². The van der Waals surface area contributed by atoms with Gasteiger partial charge in [0.2, 0.25) is 0 Å². The van der Waals surface area contributed by atoms with Crippen LogP contribution in [0.4, 0.5) is 14.5 Å². The zero-order valence-corrected chi connectivity index (χ0v) is 22.4. The molecule has 0 atom stereocenters. The molecule has 0 spiro atoms. The van der Waals surface area contributed by atoms with Gasteiger partial charge in [0, 0.05) is 38.0 Å². The SMILES string of the molecule is COc1cc(OC)c(F)c(/N=c2\ccc3ncc(-c4cnn(C)c4)nc3n2CCN(C2COC2)C2COC2)c1F. The number of rotatable bonds is 9. The zero-order valence-electron chi connectivity index (χ0n) is 22.4. The number of benzene rings is 1. The largest absolute Gasteiger partial charge is 0.493 e. The first kappa shape index (κ1) is 26.3. The van der Waals surface area contributed by atoms with Gasteiger partial charge in [0.25, 0.3) is 0 Å². The molecule has 0 amide bonds. The lowest BCUT2D eigenvalue weighted by Gasteiger charge is -2.45. The third-order valence-electron chi connectivity index (χ3n) is 7.24. The van der Waals surface area contributed by atoms with E-state index >= 15 is 8.78 Å². The summed E-state index contributed by atoms with van der Waals surface area (Å²) in [5.74, 6) is -2.21. The first-order chi connectivity index (χ1) is 19.5. The normalized spacial score (nSPS) is 16.4. The predicted molar refractivity (Wildman–Crippen MR) is 140 cm³/mol. The number of hydrogen-bond acceptors (Lipinski definition) is 9. The Morgan fingerprint density at radius 3 is 2.25 bits per heavy atom. The van der Waals surface area contributed by atoms with Crippen LogP contribution in [-0.4, -0.2) is 88.5 Å². The number of fused-ring (bicyclic) bond motifs is 1. The molecular weight excluding hydrogens is 524 g/mol. The molecular formula is C27H29F2N7O4. The van der Waals surface area contributed by atoms with Gasteiger partial charge in [0.05, 0.1) is 70.8 Å². The second-order valence-electron chi connectivity index (χ2n) is 9.70. The van der Waals surface area contributed by atoms with Crippen LogP contribution in [0, 0.1) is 11.6 Å². The van der Waals surface area contributed by atoms with Crippen LogP contribution in [0.5, 0.6) is 11.5 Å². The molecule has 0 bridgehead atoms. The fraction of sp³-hybridized carbons (Fsp3) is 0.407. The van der Waals surface area contributed by atoms with Gasteiger partial charge in [-0.1, -0.05) is 0 Å². The van der Waals surface area contributed by atoms with Crippen LogP contribution in [0.15, 0.2) is 41.8 Å². The molecule has 0 radical (unpaired) electrons. The zero-order chi connectivity index (χ0) is 27.8. The maximum atomic E-state index is 15.3. The summed E-state index contributed by atoms with van der Waals surface area (Å²) >= 11 is 0. The molecule has 0 saturated carbocycles. The molecule has 4 aromatic rings. The second kappa shape index (κ2) is 10.9. The number of hydrogen-bond donors (Lipinski definition) is 0. The van der Waals surface area contributed by atoms with E-state index in [9.17, 15) is 0 Å². The Balaban J connectivity index is 1.51. The van der Waals surface area contributed by atoms with Crippen molar-refractivity contribution >= 4 is 16.9 Å². The summed E-state index contributed by atoms with van der Waals surface area (Å²) in [6.45, 7) is 3.66. The summed E-state index contributed by atoms with van der Waals surface area (Å²) in [4.78, 5) is 16.3. The lowest BCUT2D eigenvalue weighted by Crippen LogP contribution is -2.60. The maximum absolute atomic E-state index is 15.3. The standard InChI is InChI=1S/C27H29F2N7O4/c1-34-11-16(9-31-34)20-10-30-19-4-5-23(33-26-24(28)21(37-2)8-22(38-3)25(26)29)36(27(19)32-20)7-6-35(17-12-39-13-17)18-14-40-15-18/h4-5,8-11,17-18H,6-7,12-15H2,1-3H3/b33-23+. The highest BCUT2D eigenvalue weighted by Gasteiger charge is 2.35. The molecule has 1 aromatic carbocycles. The number of nitrogens with zero attached hydrogens (tertiary/aromatic N) is 7. The first-order valence-electron chi connectivity index (χ1n) is 12.9. The summed E-state index contributed by atoms with van der Waals surface area (Å²) < 4.78 is 55.2. The molecule has 0 aliphatic carbocycles. The van der Waals surface area contributed by atoms with Gasteiger partial charge < -0.3 is 23.5 Å². The van der Waals surface area contributed by atoms with Crippen molar-refractivity contribution in [1.82, 2.24) is 29.2 Å². The number of pyridine rings is 1. The number of halogens is 2. The van der Waals surface area contributed by atoms with E-state index in [4.69, 9.17) is 23.9 Å². The van der Waals surface area contributed by atoms with Gasteiger partial charge in [-0.3, -0.25) is 14.6 Å².